The molecule has 0 aliphatic rings. The molecule has 23 heavy (non-hydrogen) atoms. The Morgan fingerprint density at radius 1 is 1.17 bits per heavy atom. The van der Waals surface area contributed by atoms with Crippen LogP contribution in [0.3, 0.4) is 0 Å². The van der Waals surface area contributed by atoms with Crippen LogP contribution in [0.1, 0.15) is 5.56 Å². The second-order valence-electron chi connectivity index (χ2n) is 4.81. The Balaban J connectivity index is 2.00. The summed E-state index contributed by atoms with van der Waals surface area (Å²) in [4.78, 5) is 19.6. The van der Waals surface area contributed by atoms with Gasteiger partial charge in [-0.3, -0.25) is 4.79 Å². The number of hydrogen-bond donors (Lipinski definition) is 1. The summed E-state index contributed by atoms with van der Waals surface area (Å²) in [5.41, 5.74) is 6.86. The van der Waals surface area contributed by atoms with Gasteiger partial charge in [0.2, 0.25) is 11.8 Å². The zero-order chi connectivity index (χ0) is 16.4. The number of amides is 1. The molecule has 2 aromatic carbocycles. The third-order valence-electron chi connectivity index (χ3n) is 3.26. The molecule has 6 heteroatoms. The average Bonchev–Trinajstić information content (AvgIpc) is 2.55. The molecule has 0 unspecified atom stereocenters. The van der Waals surface area contributed by atoms with Gasteiger partial charge in [0.15, 0.2) is 0 Å². The first-order valence-electron chi connectivity index (χ1n) is 6.72. The maximum Gasteiger partial charge on any atom is 0.248 e. The number of aromatic nitrogens is 2. The number of hydrogen-bond acceptors (Lipinski definition) is 4. The second-order valence-corrected chi connectivity index (χ2v) is 5.73. The Morgan fingerprint density at radius 2 is 2.00 bits per heavy atom. The first kappa shape index (κ1) is 15.2. The normalized spacial score (nSPS) is 10.5. The van der Waals surface area contributed by atoms with Crippen LogP contribution in [0, 0.1) is 0 Å². The van der Waals surface area contributed by atoms with Crippen LogP contribution in [0.2, 0.25) is 0 Å². The second kappa shape index (κ2) is 6.18. The zero-order valence-electron chi connectivity index (χ0n) is 12.0. The largest absolute Gasteiger partial charge is 0.438 e. The first-order valence-corrected chi connectivity index (χ1v) is 7.51. The highest BCUT2D eigenvalue weighted by molar-refractivity contribution is 9.10. The maximum atomic E-state index is 11.2. The number of ether oxygens (including phenoxy) is 1. The van der Waals surface area contributed by atoms with Crippen molar-refractivity contribution in [1.29, 1.82) is 0 Å². The average molecular weight is 370 g/mol. The molecule has 0 aliphatic heterocycles. The summed E-state index contributed by atoms with van der Waals surface area (Å²) in [6.07, 6.45) is 1.44. The van der Waals surface area contributed by atoms with Gasteiger partial charge >= 0.3 is 0 Å². The summed E-state index contributed by atoms with van der Waals surface area (Å²) in [7, 11) is 0. The number of carbonyl (C=O) groups excluding carboxylic acids is 1. The van der Waals surface area contributed by atoms with Gasteiger partial charge in [0.1, 0.15) is 12.1 Å². The fourth-order valence-electron chi connectivity index (χ4n) is 2.09. The lowest BCUT2D eigenvalue weighted by Crippen LogP contribution is -2.11. The van der Waals surface area contributed by atoms with Crippen molar-refractivity contribution in [3.05, 3.63) is 65.4 Å². The Morgan fingerprint density at radius 3 is 2.78 bits per heavy atom. The fourth-order valence-corrected chi connectivity index (χ4v) is 2.45. The highest BCUT2D eigenvalue weighted by atomic mass is 79.9. The molecule has 3 aromatic rings. The Labute approximate surface area is 140 Å². The van der Waals surface area contributed by atoms with Gasteiger partial charge in [0, 0.05) is 10.0 Å². The molecule has 0 saturated carbocycles. The van der Waals surface area contributed by atoms with E-state index in [0.29, 0.717) is 17.2 Å². The highest BCUT2D eigenvalue weighted by Gasteiger charge is 2.09. The summed E-state index contributed by atoms with van der Waals surface area (Å²) in [5, 5.41) is 0.779. The van der Waals surface area contributed by atoms with Crippen LogP contribution < -0.4 is 10.5 Å². The Kier molecular flexibility index (Phi) is 4.08. The third-order valence-corrected chi connectivity index (χ3v) is 3.75. The lowest BCUT2D eigenvalue weighted by atomic mass is 10.1. The van der Waals surface area contributed by atoms with Gasteiger partial charge in [0.25, 0.3) is 0 Å². The van der Waals surface area contributed by atoms with Gasteiger partial charge in [-0.1, -0.05) is 34.6 Å². The van der Waals surface area contributed by atoms with E-state index in [4.69, 9.17) is 10.5 Å². The number of nitrogens with zero attached hydrogens (tertiary/aromatic N) is 2. The van der Waals surface area contributed by atoms with Crippen molar-refractivity contribution in [2.24, 2.45) is 5.73 Å². The molecule has 0 bridgehead atoms. The molecule has 1 heterocycles. The van der Waals surface area contributed by atoms with E-state index in [1.165, 1.54) is 6.33 Å². The fraction of sp³-hybridized carbons (Fsp3) is 0. The van der Waals surface area contributed by atoms with E-state index in [-0.39, 0.29) is 5.57 Å². The van der Waals surface area contributed by atoms with Crippen LogP contribution in [-0.2, 0) is 4.79 Å². The Hall–Kier alpha value is -2.73. The molecule has 0 atom stereocenters. The van der Waals surface area contributed by atoms with Crippen molar-refractivity contribution >= 4 is 38.3 Å². The van der Waals surface area contributed by atoms with Gasteiger partial charge < -0.3 is 10.5 Å². The molecule has 5 nitrogen and oxygen atoms in total. The van der Waals surface area contributed by atoms with Crippen LogP contribution in [-0.4, -0.2) is 15.9 Å². The molecular formula is C17H12BrN3O2. The van der Waals surface area contributed by atoms with E-state index >= 15 is 0 Å². The molecule has 1 aromatic heterocycles. The SMILES string of the molecule is C=C(C(N)=O)c1cccc(Oc2ncnc3ccc(Br)cc23)c1. The third kappa shape index (κ3) is 3.22. The number of primary amides is 1. The van der Waals surface area contributed by atoms with Crippen molar-refractivity contribution in [1.82, 2.24) is 9.97 Å². The van der Waals surface area contributed by atoms with Crippen LogP contribution in [0.4, 0.5) is 0 Å². The van der Waals surface area contributed by atoms with Crippen LogP contribution in [0.15, 0.2) is 59.8 Å². The molecule has 0 aliphatic carbocycles. The van der Waals surface area contributed by atoms with Crippen molar-refractivity contribution in [3.63, 3.8) is 0 Å². The van der Waals surface area contributed by atoms with Gasteiger partial charge in [-0.05, 0) is 35.9 Å². The van der Waals surface area contributed by atoms with Crippen molar-refractivity contribution in [2.45, 2.75) is 0 Å². The molecular weight excluding hydrogens is 358 g/mol. The maximum absolute atomic E-state index is 11.2. The van der Waals surface area contributed by atoms with Crippen LogP contribution >= 0.6 is 15.9 Å². The highest BCUT2D eigenvalue weighted by Crippen LogP contribution is 2.29. The lowest BCUT2D eigenvalue weighted by Gasteiger charge is -2.09. The monoisotopic (exact) mass is 369 g/mol. The molecule has 2 N–H and O–H groups in total. The molecule has 114 valence electrons. The summed E-state index contributed by atoms with van der Waals surface area (Å²) in [5.74, 6) is 0.390. The van der Waals surface area contributed by atoms with E-state index in [9.17, 15) is 4.79 Å². The summed E-state index contributed by atoms with van der Waals surface area (Å²) >= 11 is 3.42. The van der Waals surface area contributed by atoms with Crippen LogP contribution in [0.5, 0.6) is 11.6 Å². The zero-order valence-corrected chi connectivity index (χ0v) is 13.6. The van der Waals surface area contributed by atoms with Crippen molar-refractivity contribution in [3.8, 4) is 11.6 Å². The molecule has 0 saturated heterocycles. The minimum atomic E-state index is -0.571. The molecule has 0 radical (unpaired) electrons. The summed E-state index contributed by atoms with van der Waals surface area (Å²) in [6, 6.07) is 12.6. The van der Waals surface area contributed by atoms with E-state index in [0.717, 1.165) is 15.4 Å². The molecule has 0 fully saturated rings. The first-order chi connectivity index (χ1) is 11.0. The van der Waals surface area contributed by atoms with Gasteiger partial charge in [-0.2, -0.15) is 0 Å². The lowest BCUT2D eigenvalue weighted by molar-refractivity contribution is -0.112. The number of benzene rings is 2. The topological polar surface area (TPSA) is 78.1 Å². The minimum Gasteiger partial charge on any atom is -0.438 e. The van der Waals surface area contributed by atoms with Gasteiger partial charge in [-0.25, -0.2) is 9.97 Å². The summed E-state index contributed by atoms with van der Waals surface area (Å²) in [6.45, 7) is 3.67. The standard InChI is InChI=1S/C17H12BrN3O2/c1-10(16(19)22)11-3-2-4-13(7-11)23-17-14-8-12(18)5-6-15(14)20-9-21-17/h2-9H,1H2,(H2,19,22). The number of nitrogens with two attached hydrogens (primary N) is 1. The number of fused-ring (bicyclic) bond motifs is 1. The predicted octanol–water partition coefficient (Wildman–Crippen LogP) is 3.68. The van der Waals surface area contributed by atoms with E-state index in [2.05, 4.69) is 32.5 Å². The minimum absolute atomic E-state index is 0.228. The smallest absolute Gasteiger partial charge is 0.248 e. The molecule has 0 spiro atoms. The quantitative estimate of drug-likeness (QED) is 0.711. The van der Waals surface area contributed by atoms with Crippen molar-refractivity contribution < 1.29 is 9.53 Å². The Bertz CT molecular complexity index is 925. The van der Waals surface area contributed by atoms with E-state index in [1.807, 2.05) is 18.2 Å². The van der Waals surface area contributed by atoms with Gasteiger partial charge in [0.05, 0.1) is 10.9 Å². The summed E-state index contributed by atoms with van der Waals surface area (Å²) < 4.78 is 6.76. The number of rotatable bonds is 4. The number of carbonyl (C=O) groups is 1. The van der Waals surface area contributed by atoms with E-state index < -0.39 is 5.91 Å². The van der Waals surface area contributed by atoms with Gasteiger partial charge in [-0.15, -0.1) is 0 Å². The molecule has 3 rings (SSSR count). The molecule has 1 amide bonds. The number of halogens is 1. The predicted molar refractivity (Wildman–Crippen MR) is 92.0 cm³/mol. The van der Waals surface area contributed by atoms with Crippen LogP contribution in [0.25, 0.3) is 16.5 Å². The van der Waals surface area contributed by atoms with E-state index in [1.54, 1.807) is 24.3 Å². The van der Waals surface area contributed by atoms with Crippen molar-refractivity contribution in [2.75, 3.05) is 0 Å².